The minimum Gasteiger partial charge on any atom is -0.479 e. The highest BCUT2D eigenvalue weighted by atomic mass is 16.4. The van der Waals surface area contributed by atoms with Gasteiger partial charge < -0.3 is 21.1 Å². The van der Waals surface area contributed by atoms with Crippen LogP contribution in [0.25, 0.3) is 0 Å². The van der Waals surface area contributed by atoms with Crippen LogP contribution < -0.4 is 5.73 Å². The number of aliphatic hydroxyl groups is 1. The highest BCUT2D eigenvalue weighted by molar-refractivity contribution is 6.01. The first-order chi connectivity index (χ1) is 4.45. The quantitative estimate of drug-likeness (QED) is 0.339. The molecule has 0 aromatic heterocycles. The van der Waals surface area contributed by atoms with Gasteiger partial charge in [-0.1, -0.05) is 0 Å². The molecule has 6 heteroatoms. The van der Waals surface area contributed by atoms with E-state index in [1.807, 2.05) is 0 Å². The number of carboxylic acids is 2. The Hall–Kier alpha value is -1.14. The van der Waals surface area contributed by atoms with Crippen LogP contribution in [0.2, 0.25) is 0 Å². The van der Waals surface area contributed by atoms with Crippen LogP contribution in [-0.4, -0.2) is 39.4 Å². The largest absolute Gasteiger partial charge is 0.479 e. The Morgan fingerprint density at radius 2 is 1.60 bits per heavy atom. The fraction of sp³-hybridized carbons (Fsp3) is 0.500. The smallest absolute Gasteiger partial charge is 0.348 e. The number of hydrogen-bond donors (Lipinski definition) is 4. The minimum absolute atomic E-state index is 0.850. The van der Waals surface area contributed by atoms with Gasteiger partial charge >= 0.3 is 11.9 Å². The average molecular weight is 149 g/mol. The average Bonchev–Trinajstić information content (AvgIpc) is 1.85. The van der Waals surface area contributed by atoms with Gasteiger partial charge in [0, 0.05) is 6.54 Å². The Morgan fingerprint density at radius 3 is 1.60 bits per heavy atom. The maximum atomic E-state index is 9.98. The summed E-state index contributed by atoms with van der Waals surface area (Å²) in [6.45, 7) is -0.850. The van der Waals surface area contributed by atoms with Crippen LogP contribution in [0, 0.1) is 0 Å². The van der Waals surface area contributed by atoms with Crippen LogP contribution in [0.1, 0.15) is 0 Å². The first-order valence-electron chi connectivity index (χ1n) is 2.34. The van der Waals surface area contributed by atoms with Crippen LogP contribution in [0.4, 0.5) is 0 Å². The number of hydrogen-bond acceptors (Lipinski definition) is 4. The molecule has 0 aliphatic heterocycles. The van der Waals surface area contributed by atoms with Crippen LogP contribution in [0.5, 0.6) is 0 Å². The van der Waals surface area contributed by atoms with Gasteiger partial charge in [0.2, 0.25) is 0 Å². The lowest BCUT2D eigenvalue weighted by Crippen LogP contribution is -2.52. The monoisotopic (exact) mass is 149 g/mol. The van der Waals surface area contributed by atoms with E-state index in [1.54, 1.807) is 0 Å². The molecule has 0 unspecified atom stereocenters. The molecule has 0 radical (unpaired) electrons. The Morgan fingerprint density at radius 1 is 1.30 bits per heavy atom. The Balaban J connectivity index is 4.55. The van der Waals surface area contributed by atoms with Crippen molar-refractivity contribution in [1.29, 1.82) is 0 Å². The molecule has 0 aliphatic carbocycles. The second-order valence-electron chi connectivity index (χ2n) is 1.67. The van der Waals surface area contributed by atoms with Gasteiger partial charge in [-0.2, -0.15) is 0 Å². The SMILES string of the molecule is NCC(O)(C(=O)O)C(=O)O. The van der Waals surface area contributed by atoms with Gasteiger partial charge in [-0.25, -0.2) is 9.59 Å². The minimum atomic E-state index is -2.85. The molecule has 0 rings (SSSR count). The molecule has 10 heavy (non-hydrogen) atoms. The maximum Gasteiger partial charge on any atom is 0.348 e. The van der Waals surface area contributed by atoms with Gasteiger partial charge in [0.15, 0.2) is 0 Å². The van der Waals surface area contributed by atoms with Crippen molar-refractivity contribution in [3.05, 3.63) is 0 Å². The Bertz CT molecular complexity index is 151. The van der Waals surface area contributed by atoms with Crippen LogP contribution in [0.15, 0.2) is 0 Å². The fourth-order valence-electron chi connectivity index (χ4n) is 0.266. The summed E-state index contributed by atoms with van der Waals surface area (Å²) >= 11 is 0. The third-order valence-electron chi connectivity index (χ3n) is 1.00. The summed E-state index contributed by atoms with van der Waals surface area (Å²) in [5.74, 6) is -3.72. The molecule has 0 aromatic rings. The standard InChI is InChI=1S/C4H7NO5/c5-1-4(10,2(6)7)3(8)9/h10H,1,5H2,(H,6,7)(H,8,9). The number of carboxylic acid groups (broad SMARTS) is 2. The summed E-state index contributed by atoms with van der Waals surface area (Å²) in [6.07, 6.45) is 0. The number of rotatable bonds is 3. The van der Waals surface area contributed by atoms with Crippen molar-refractivity contribution in [2.75, 3.05) is 6.54 Å². The molecular weight excluding hydrogens is 142 g/mol. The van der Waals surface area contributed by atoms with Crippen LogP contribution in [0.3, 0.4) is 0 Å². The molecule has 0 heterocycles. The van der Waals surface area contributed by atoms with E-state index in [4.69, 9.17) is 21.1 Å². The second-order valence-corrected chi connectivity index (χ2v) is 1.67. The molecule has 58 valence electrons. The number of aliphatic carboxylic acids is 2. The third kappa shape index (κ3) is 1.23. The zero-order valence-corrected chi connectivity index (χ0v) is 4.94. The van der Waals surface area contributed by atoms with Crippen LogP contribution >= 0.6 is 0 Å². The van der Waals surface area contributed by atoms with E-state index < -0.39 is 24.1 Å². The molecule has 5 N–H and O–H groups in total. The Labute approximate surface area is 55.9 Å². The van der Waals surface area contributed by atoms with E-state index in [9.17, 15) is 9.59 Å². The Kier molecular flexibility index (Phi) is 2.33. The fourth-order valence-corrected chi connectivity index (χ4v) is 0.266. The van der Waals surface area contributed by atoms with Gasteiger partial charge in [0.1, 0.15) is 0 Å². The molecule has 0 fully saturated rings. The number of nitrogens with two attached hydrogens (primary N) is 1. The van der Waals surface area contributed by atoms with E-state index >= 15 is 0 Å². The second kappa shape index (κ2) is 2.63. The van der Waals surface area contributed by atoms with Crippen molar-refractivity contribution in [2.45, 2.75) is 5.60 Å². The summed E-state index contributed by atoms with van der Waals surface area (Å²) in [5.41, 5.74) is 1.85. The lowest BCUT2D eigenvalue weighted by atomic mass is 10.1. The predicted octanol–water partition coefficient (Wildman–Crippen LogP) is -2.15. The third-order valence-corrected chi connectivity index (χ3v) is 1.00. The predicted molar refractivity (Wildman–Crippen MR) is 29.3 cm³/mol. The first kappa shape index (κ1) is 8.86. The molecule has 0 bridgehead atoms. The molecule has 0 aromatic carbocycles. The van der Waals surface area contributed by atoms with E-state index in [2.05, 4.69) is 0 Å². The molecule has 6 nitrogen and oxygen atoms in total. The maximum absolute atomic E-state index is 9.98. The first-order valence-corrected chi connectivity index (χ1v) is 2.34. The molecule has 0 amide bonds. The molecule has 0 spiro atoms. The van der Waals surface area contributed by atoms with Crippen molar-refractivity contribution < 1.29 is 24.9 Å². The van der Waals surface area contributed by atoms with E-state index in [-0.39, 0.29) is 0 Å². The molecule has 0 saturated carbocycles. The normalized spacial score (nSPS) is 11.0. The van der Waals surface area contributed by atoms with E-state index in [0.29, 0.717) is 0 Å². The lowest BCUT2D eigenvalue weighted by Gasteiger charge is -2.14. The van der Waals surface area contributed by atoms with E-state index in [1.165, 1.54) is 0 Å². The van der Waals surface area contributed by atoms with E-state index in [0.717, 1.165) is 0 Å². The van der Waals surface area contributed by atoms with Gasteiger partial charge in [-0.05, 0) is 0 Å². The van der Waals surface area contributed by atoms with Gasteiger partial charge in [-0.15, -0.1) is 0 Å². The molecular formula is C4H7NO5. The summed E-state index contributed by atoms with van der Waals surface area (Å²) in [5, 5.41) is 24.8. The molecule has 0 saturated heterocycles. The lowest BCUT2D eigenvalue weighted by molar-refractivity contribution is -0.174. The summed E-state index contributed by atoms with van der Waals surface area (Å²) < 4.78 is 0. The highest BCUT2D eigenvalue weighted by Crippen LogP contribution is 2.01. The zero-order chi connectivity index (χ0) is 8.36. The summed E-state index contributed by atoms with van der Waals surface area (Å²) in [7, 11) is 0. The van der Waals surface area contributed by atoms with Crippen molar-refractivity contribution in [3.63, 3.8) is 0 Å². The van der Waals surface area contributed by atoms with Crippen molar-refractivity contribution in [2.24, 2.45) is 5.73 Å². The van der Waals surface area contributed by atoms with Crippen molar-refractivity contribution >= 4 is 11.9 Å². The van der Waals surface area contributed by atoms with Gasteiger partial charge in [0.05, 0.1) is 0 Å². The van der Waals surface area contributed by atoms with Crippen molar-refractivity contribution in [3.8, 4) is 0 Å². The molecule has 0 atom stereocenters. The summed E-state index contributed by atoms with van der Waals surface area (Å²) in [4.78, 5) is 20.0. The zero-order valence-electron chi connectivity index (χ0n) is 4.94. The van der Waals surface area contributed by atoms with Gasteiger partial charge in [0.25, 0.3) is 5.60 Å². The topological polar surface area (TPSA) is 121 Å². The summed E-state index contributed by atoms with van der Waals surface area (Å²) in [6, 6.07) is 0. The molecule has 0 aliphatic rings. The van der Waals surface area contributed by atoms with Gasteiger partial charge in [-0.3, -0.25) is 0 Å². The van der Waals surface area contributed by atoms with Crippen molar-refractivity contribution in [1.82, 2.24) is 0 Å². The number of carbonyl (C=O) groups is 2. The van der Waals surface area contributed by atoms with Crippen LogP contribution in [-0.2, 0) is 9.59 Å². The highest BCUT2D eigenvalue weighted by Gasteiger charge is 2.43.